The molecule has 1 rings (SSSR count). The van der Waals surface area contributed by atoms with Crippen LogP contribution in [0.1, 0.15) is 19.4 Å². The number of nitriles is 1. The molecule has 0 saturated carbocycles. The number of hydrogen-bond acceptors (Lipinski definition) is 3. The second-order valence-electron chi connectivity index (χ2n) is 3.09. The lowest BCUT2D eigenvalue weighted by molar-refractivity contribution is 0.285. The summed E-state index contributed by atoms with van der Waals surface area (Å²) < 4.78 is 24.1. The Kier molecular flexibility index (Phi) is 4.59. The molecule has 0 aliphatic carbocycles. The first kappa shape index (κ1) is 12.3. The molecule has 0 radical (unpaired) electrons. The van der Waals surface area contributed by atoms with Crippen molar-refractivity contribution in [2.45, 2.75) is 20.3 Å². The molecule has 0 fully saturated rings. The number of ether oxygens (including phenoxy) is 2. The summed E-state index contributed by atoms with van der Waals surface area (Å²) in [5.74, 6) is 0.424. The lowest BCUT2D eigenvalue weighted by Crippen LogP contribution is -2.01. The Balaban J connectivity index is 3.09. The fraction of sp³-hybridized carbons (Fsp3) is 0.417. The molecule has 16 heavy (non-hydrogen) atoms. The quantitative estimate of drug-likeness (QED) is 0.770. The van der Waals surface area contributed by atoms with Gasteiger partial charge < -0.3 is 9.47 Å². The minimum absolute atomic E-state index is 0.0261. The van der Waals surface area contributed by atoms with Crippen molar-refractivity contribution in [1.82, 2.24) is 0 Å². The first-order valence-electron chi connectivity index (χ1n) is 5.17. The fourth-order valence-corrected chi connectivity index (χ4v) is 1.33. The highest BCUT2D eigenvalue weighted by Crippen LogP contribution is 2.30. The average Bonchev–Trinajstić information content (AvgIpc) is 2.25. The summed E-state index contributed by atoms with van der Waals surface area (Å²) in [7, 11) is 0. The van der Waals surface area contributed by atoms with Crippen LogP contribution in [0.2, 0.25) is 0 Å². The summed E-state index contributed by atoms with van der Waals surface area (Å²) >= 11 is 0. The van der Waals surface area contributed by atoms with Crippen molar-refractivity contribution in [3.05, 3.63) is 23.5 Å². The minimum atomic E-state index is -0.437. The van der Waals surface area contributed by atoms with E-state index in [1.165, 1.54) is 12.1 Å². The van der Waals surface area contributed by atoms with E-state index in [0.717, 1.165) is 0 Å². The van der Waals surface area contributed by atoms with Crippen LogP contribution in [-0.2, 0) is 6.42 Å². The molecule has 0 amide bonds. The second kappa shape index (κ2) is 5.96. The first-order valence-corrected chi connectivity index (χ1v) is 5.17. The Hall–Kier alpha value is -1.76. The SMILES string of the molecule is CCOc1cc(F)c(CC#N)cc1OCC. The van der Waals surface area contributed by atoms with Gasteiger partial charge >= 0.3 is 0 Å². The number of nitrogens with zero attached hydrogens (tertiary/aromatic N) is 1. The van der Waals surface area contributed by atoms with Gasteiger partial charge in [0.15, 0.2) is 11.5 Å². The standard InChI is InChI=1S/C12H14FNO2/c1-3-15-11-7-9(5-6-14)10(13)8-12(11)16-4-2/h7-8H,3-5H2,1-2H3. The zero-order valence-electron chi connectivity index (χ0n) is 9.42. The van der Waals surface area contributed by atoms with Crippen LogP contribution in [0.25, 0.3) is 0 Å². The summed E-state index contributed by atoms with van der Waals surface area (Å²) in [5, 5.41) is 8.55. The lowest BCUT2D eigenvalue weighted by Gasteiger charge is -2.12. The van der Waals surface area contributed by atoms with Crippen molar-refractivity contribution in [2.24, 2.45) is 0 Å². The van der Waals surface area contributed by atoms with Crippen LogP contribution in [0.3, 0.4) is 0 Å². The Labute approximate surface area is 94.4 Å². The van der Waals surface area contributed by atoms with E-state index in [4.69, 9.17) is 14.7 Å². The Morgan fingerprint density at radius 1 is 1.19 bits per heavy atom. The monoisotopic (exact) mass is 223 g/mol. The van der Waals surface area contributed by atoms with E-state index in [2.05, 4.69) is 0 Å². The number of rotatable bonds is 5. The molecular formula is C12H14FNO2. The van der Waals surface area contributed by atoms with E-state index < -0.39 is 5.82 Å². The molecule has 0 heterocycles. The molecule has 0 unspecified atom stereocenters. The molecule has 0 bridgehead atoms. The van der Waals surface area contributed by atoms with E-state index in [-0.39, 0.29) is 6.42 Å². The second-order valence-corrected chi connectivity index (χ2v) is 3.09. The maximum Gasteiger partial charge on any atom is 0.164 e. The van der Waals surface area contributed by atoms with Gasteiger partial charge in [-0.15, -0.1) is 0 Å². The number of hydrogen-bond donors (Lipinski definition) is 0. The van der Waals surface area contributed by atoms with Crippen molar-refractivity contribution in [3.63, 3.8) is 0 Å². The summed E-state index contributed by atoms with van der Waals surface area (Å²) in [5.41, 5.74) is 0.328. The third-order valence-corrected chi connectivity index (χ3v) is 1.98. The van der Waals surface area contributed by atoms with Gasteiger partial charge in [-0.05, 0) is 19.9 Å². The lowest BCUT2D eigenvalue weighted by atomic mass is 10.1. The highest BCUT2D eigenvalue weighted by molar-refractivity contribution is 5.44. The van der Waals surface area contributed by atoms with Crippen LogP contribution in [0.15, 0.2) is 12.1 Å². The summed E-state index contributed by atoms with van der Waals surface area (Å²) in [6.07, 6.45) is 0.0261. The van der Waals surface area contributed by atoms with Gasteiger partial charge in [0.05, 0.1) is 25.7 Å². The van der Waals surface area contributed by atoms with Crippen LogP contribution in [-0.4, -0.2) is 13.2 Å². The topological polar surface area (TPSA) is 42.2 Å². The van der Waals surface area contributed by atoms with Crippen molar-refractivity contribution < 1.29 is 13.9 Å². The molecule has 4 heteroatoms. The normalized spacial score (nSPS) is 9.62. The third kappa shape index (κ3) is 2.86. The van der Waals surface area contributed by atoms with E-state index >= 15 is 0 Å². The van der Waals surface area contributed by atoms with Crippen molar-refractivity contribution in [1.29, 1.82) is 5.26 Å². The Bertz CT molecular complexity index is 399. The predicted octanol–water partition coefficient (Wildman–Crippen LogP) is 2.69. The molecule has 1 aromatic rings. The summed E-state index contributed by atoms with van der Waals surface area (Å²) in [6, 6.07) is 4.70. The fourth-order valence-electron chi connectivity index (χ4n) is 1.33. The number of halogens is 1. The van der Waals surface area contributed by atoms with Gasteiger partial charge in [-0.1, -0.05) is 0 Å². The highest BCUT2D eigenvalue weighted by Gasteiger charge is 2.11. The van der Waals surface area contributed by atoms with Gasteiger partial charge in [0.25, 0.3) is 0 Å². The molecule has 1 aromatic carbocycles. The molecule has 0 aromatic heterocycles. The molecule has 0 N–H and O–H groups in total. The van der Waals surface area contributed by atoms with E-state index in [0.29, 0.717) is 30.3 Å². The molecule has 0 saturated heterocycles. The van der Waals surface area contributed by atoms with Gasteiger partial charge in [0, 0.05) is 11.6 Å². The third-order valence-electron chi connectivity index (χ3n) is 1.98. The van der Waals surface area contributed by atoms with Crippen LogP contribution in [0.5, 0.6) is 11.5 Å². The van der Waals surface area contributed by atoms with Gasteiger partial charge in [-0.2, -0.15) is 5.26 Å². The minimum Gasteiger partial charge on any atom is -0.490 e. The molecule has 0 aliphatic heterocycles. The highest BCUT2D eigenvalue weighted by atomic mass is 19.1. The predicted molar refractivity (Wildman–Crippen MR) is 58.1 cm³/mol. The number of benzene rings is 1. The van der Waals surface area contributed by atoms with E-state index in [1.54, 1.807) is 0 Å². The maximum absolute atomic E-state index is 13.5. The average molecular weight is 223 g/mol. The molecule has 0 atom stereocenters. The van der Waals surface area contributed by atoms with Crippen LogP contribution in [0, 0.1) is 17.1 Å². The summed E-state index contributed by atoms with van der Waals surface area (Å²) in [6.45, 7) is 4.56. The van der Waals surface area contributed by atoms with Crippen LogP contribution < -0.4 is 9.47 Å². The Morgan fingerprint density at radius 2 is 1.75 bits per heavy atom. The van der Waals surface area contributed by atoms with E-state index in [9.17, 15) is 4.39 Å². The molecule has 3 nitrogen and oxygen atoms in total. The molecular weight excluding hydrogens is 209 g/mol. The van der Waals surface area contributed by atoms with E-state index in [1.807, 2.05) is 19.9 Å². The van der Waals surface area contributed by atoms with Crippen molar-refractivity contribution in [3.8, 4) is 17.6 Å². The van der Waals surface area contributed by atoms with Gasteiger partial charge in [-0.3, -0.25) is 0 Å². The molecule has 0 spiro atoms. The van der Waals surface area contributed by atoms with Crippen molar-refractivity contribution >= 4 is 0 Å². The van der Waals surface area contributed by atoms with Gasteiger partial charge in [0.2, 0.25) is 0 Å². The van der Waals surface area contributed by atoms with Crippen LogP contribution >= 0.6 is 0 Å². The molecule has 0 aliphatic rings. The molecule has 86 valence electrons. The Morgan fingerprint density at radius 3 is 2.25 bits per heavy atom. The van der Waals surface area contributed by atoms with Gasteiger partial charge in [-0.25, -0.2) is 4.39 Å². The smallest absolute Gasteiger partial charge is 0.164 e. The van der Waals surface area contributed by atoms with Gasteiger partial charge in [0.1, 0.15) is 5.82 Å². The first-order chi connectivity index (χ1) is 7.72. The summed E-state index contributed by atoms with van der Waals surface area (Å²) in [4.78, 5) is 0. The zero-order valence-corrected chi connectivity index (χ0v) is 9.42. The van der Waals surface area contributed by atoms with Crippen molar-refractivity contribution in [2.75, 3.05) is 13.2 Å². The van der Waals surface area contributed by atoms with Crippen LogP contribution in [0.4, 0.5) is 4.39 Å². The largest absolute Gasteiger partial charge is 0.490 e. The maximum atomic E-state index is 13.5. The zero-order chi connectivity index (χ0) is 12.0.